The second kappa shape index (κ2) is 5.71. The molecule has 3 unspecified atom stereocenters. The summed E-state index contributed by atoms with van der Waals surface area (Å²) in [6.45, 7) is 11.6. The number of nitrogens with one attached hydrogen (secondary N) is 2. The summed E-state index contributed by atoms with van der Waals surface area (Å²) < 4.78 is 5.17. The standard InChI is InChI=1S/C13H26N2O2/c1-9-6-11(9)8-14-10(2)7-15-12(16)17-13(3,4)5/h9-11,14H,6-8H2,1-5H3,(H,15,16). The van der Waals surface area contributed by atoms with Gasteiger partial charge in [-0.15, -0.1) is 0 Å². The fourth-order valence-corrected chi connectivity index (χ4v) is 1.66. The minimum atomic E-state index is -0.426. The van der Waals surface area contributed by atoms with E-state index < -0.39 is 5.60 Å². The zero-order valence-corrected chi connectivity index (χ0v) is 11.7. The van der Waals surface area contributed by atoms with E-state index in [2.05, 4.69) is 24.5 Å². The van der Waals surface area contributed by atoms with Crippen LogP contribution in [0.25, 0.3) is 0 Å². The Bertz CT molecular complexity index is 261. The maximum absolute atomic E-state index is 11.4. The molecule has 0 bridgehead atoms. The molecule has 1 rings (SSSR count). The van der Waals surface area contributed by atoms with Crippen LogP contribution in [0, 0.1) is 11.8 Å². The van der Waals surface area contributed by atoms with Crippen LogP contribution in [0.1, 0.15) is 41.0 Å². The summed E-state index contributed by atoms with van der Waals surface area (Å²) in [5.74, 6) is 1.70. The molecule has 17 heavy (non-hydrogen) atoms. The number of hydrogen-bond donors (Lipinski definition) is 2. The van der Waals surface area contributed by atoms with Crippen LogP contribution in [0.15, 0.2) is 0 Å². The van der Waals surface area contributed by atoms with E-state index in [4.69, 9.17) is 4.74 Å². The highest BCUT2D eigenvalue weighted by Crippen LogP contribution is 2.36. The molecule has 1 aliphatic rings. The minimum absolute atomic E-state index is 0.287. The molecule has 4 nitrogen and oxygen atoms in total. The molecule has 1 aliphatic carbocycles. The Kier molecular flexibility index (Phi) is 4.80. The summed E-state index contributed by atoms with van der Waals surface area (Å²) in [7, 11) is 0. The van der Waals surface area contributed by atoms with E-state index in [1.807, 2.05) is 20.8 Å². The van der Waals surface area contributed by atoms with E-state index in [0.717, 1.165) is 18.4 Å². The van der Waals surface area contributed by atoms with Crippen LogP contribution in [0.5, 0.6) is 0 Å². The first-order valence-corrected chi connectivity index (χ1v) is 6.48. The second-order valence-electron chi connectivity index (χ2n) is 6.17. The van der Waals surface area contributed by atoms with Gasteiger partial charge in [0.1, 0.15) is 5.60 Å². The van der Waals surface area contributed by atoms with Gasteiger partial charge >= 0.3 is 6.09 Å². The zero-order chi connectivity index (χ0) is 13.1. The average Bonchev–Trinajstić information content (AvgIpc) is 2.86. The normalized spacial score (nSPS) is 25.2. The Hall–Kier alpha value is -0.770. The summed E-state index contributed by atoms with van der Waals surface area (Å²) in [5, 5.41) is 6.19. The van der Waals surface area contributed by atoms with Gasteiger partial charge in [0.25, 0.3) is 0 Å². The molecule has 0 aromatic carbocycles. The molecule has 3 atom stereocenters. The smallest absolute Gasteiger partial charge is 0.407 e. The van der Waals surface area contributed by atoms with E-state index in [1.165, 1.54) is 6.42 Å². The van der Waals surface area contributed by atoms with Crippen LogP contribution in [-0.2, 0) is 4.74 Å². The number of carbonyl (C=O) groups excluding carboxylic acids is 1. The Labute approximate surface area is 104 Å². The van der Waals surface area contributed by atoms with E-state index in [0.29, 0.717) is 6.54 Å². The molecule has 1 amide bonds. The van der Waals surface area contributed by atoms with Crippen molar-refractivity contribution in [2.45, 2.75) is 52.7 Å². The van der Waals surface area contributed by atoms with Gasteiger partial charge < -0.3 is 15.4 Å². The highest BCUT2D eigenvalue weighted by Gasteiger charge is 2.32. The molecule has 0 aromatic rings. The lowest BCUT2D eigenvalue weighted by Crippen LogP contribution is -2.41. The third-order valence-corrected chi connectivity index (χ3v) is 2.96. The van der Waals surface area contributed by atoms with Gasteiger partial charge in [0.05, 0.1) is 0 Å². The molecule has 0 spiro atoms. The van der Waals surface area contributed by atoms with Gasteiger partial charge in [0.15, 0.2) is 0 Å². The van der Waals surface area contributed by atoms with Crippen LogP contribution in [-0.4, -0.2) is 30.8 Å². The molecule has 1 fully saturated rings. The maximum Gasteiger partial charge on any atom is 0.407 e. The Morgan fingerprint density at radius 3 is 2.53 bits per heavy atom. The fraction of sp³-hybridized carbons (Fsp3) is 0.923. The average molecular weight is 242 g/mol. The molecule has 0 heterocycles. The van der Waals surface area contributed by atoms with Crippen LogP contribution in [0.3, 0.4) is 0 Å². The Balaban J connectivity index is 2.06. The molecule has 2 N–H and O–H groups in total. The molecule has 0 radical (unpaired) electrons. The predicted octanol–water partition coefficient (Wildman–Crippen LogP) is 2.15. The summed E-state index contributed by atoms with van der Waals surface area (Å²) in [5.41, 5.74) is -0.426. The van der Waals surface area contributed by atoms with Crippen LogP contribution in [0.2, 0.25) is 0 Å². The number of hydrogen-bond acceptors (Lipinski definition) is 3. The number of rotatable bonds is 5. The van der Waals surface area contributed by atoms with Crippen molar-refractivity contribution in [1.29, 1.82) is 0 Å². The maximum atomic E-state index is 11.4. The molecule has 1 saturated carbocycles. The summed E-state index contributed by atoms with van der Waals surface area (Å²) in [4.78, 5) is 11.4. The van der Waals surface area contributed by atoms with E-state index in [-0.39, 0.29) is 12.1 Å². The molecule has 0 aromatic heterocycles. The zero-order valence-electron chi connectivity index (χ0n) is 11.7. The molecule has 4 heteroatoms. The number of alkyl carbamates (subject to hydrolysis) is 1. The summed E-state index contributed by atoms with van der Waals surface area (Å²) >= 11 is 0. The summed E-state index contributed by atoms with van der Waals surface area (Å²) in [6.07, 6.45) is 0.991. The second-order valence-corrected chi connectivity index (χ2v) is 6.17. The van der Waals surface area contributed by atoms with Gasteiger partial charge in [-0.3, -0.25) is 0 Å². The molecular weight excluding hydrogens is 216 g/mol. The van der Waals surface area contributed by atoms with Crippen molar-refractivity contribution in [2.24, 2.45) is 11.8 Å². The van der Waals surface area contributed by atoms with Crippen LogP contribution < -0.4 is 10.6 Å². The lowest BCUT2D eigenvalue weighted by atomic mass is 10.2. The predicted molar refractivity (Wildman–Crippen MR) is 69.0 cm³/mol. The lowest BCUT2D eigenvalue weighted by Gasteiger charge is -2.21. The first-order chi connectivity index (χ1) is 7.78. The third kappa shape index (κ3) is 6.51. The first kappa shape index (κ1) is 14.3. The minimum Gasteiger partial charge on any atom is -0.444 e. The molecule has 0 aliphatic heterocycles. The monoisotopic (exact) mass is 242 g/mol. The van der Waals surface area contributed by atoms with Crippen molar-refractivity contribution < 1.29 is 9.53 Å². The van der Waals surface area contributed by atoms with Crippen molar-refractivity contribution in [2.75, 3.05) is 13.1 Å². The quantitative estimate of drug-likeness (QED) is 0.776. The fourth-order valence-electron chi connectivity index (χ4n) is 1.66. The largest absolute Gasteiger partial charge is 0.444 e. The van der Waals surface area contributed by atoms with Gasteiger partial charge in [-0.1, -0.05) is 6.92 Å². The summed E-state index contributed by atoms with van der Waals surface area (Å²) in [6, 6.07) is 0.287. The van der Waals surface area contributed by atoms with Crippen molar-refractivity contribution in [3.8, 4) is 0 Å². The Morgan fingerprint density at radius 2 is 2.06 bits per heavy atom. The highest BCUT2D eigenvalue weighted by atomic mass is 16.6. The molecular formula is C13H26N2O2. The highest BCUT2D eigenvalue weighted by molar-refractivity contribution is 5.67. The first-order valence-electron chi connectivity index (χ1n) is 6.48. The van der Waals surface area contributed by atoms with E-state index >= 15 is 0 Å². The van der Waals surface area contributed by atoms with Gasteiger partial charge in [-0.05, 0) is 52.5 Å². The topological polar surface area (TPSA) is 50.4 Å². The van der Waals surface area contributed by atoms with Crippen molar-refractivity contribution in [3.63, 3.8) is 0 Å². The third-order valence-electron chi connectivity index (χ3n) is 2.96. The van der Waals surface area contributed by atoms with Gasteiger partial charge in [0.2, 0.25) is 0 Å². The van der Waals surface area contributed by atoms with Gasteiger partial charge in [0, 0.05) is 12.6 Å². The Morgan fingerprint density at radius 1 is 1.47 bits per heavy atom. The van der Waals surface area contributed by atoms with Crippen molar-refractivity contribution >= 4 is 6.09 Å². The SMILES string of the molecule is CC(CNC(=O)OC(C)(C)C)NCC1CC1C. The van der Waals surface area contributed by atoms with Crippen molar-refractivity contribution in [1.82, 2.24) is 10.6 Å². The van der Waals surface area contributed by atoms with Crippen LogP contribution >= 0.6 is 0 Å². The van der Waals surface area contributed by atoms with E-state index in [1.54, 1.807) is 0 Å². The van der Waals surface area contributed by atoms with Crippen LogP contribution in [0.4, 0.5) is 4.79 Å². The molecule has 0 saturated heterocycles. The van der Waals surface area contributed by atoms with Gasteiger partial charge in [-0.25, -0.2) is 4.79 Å². The van der Waals surface area contributed by atoms with E-state index in [9.17, 15) is 4.79 Å². The number of ether oxygens (including phenoxy) is 1. The van der Waals surface area contributed by atoms with Gasteiger partial charge in [-0.2, -0.15) is 0 Å². The number of amides is 1. The lowest BCUT2D eigenvalue weighted by molar-refractivity contribution is 0.0523. The number of carbonyl (C=O) groups is 1. The van der Waals surface area contributed by atoms with Crippen molar-refractivity contribution in [3.05, 3.63) is 0 Å². The molecule has 100 valence electrons.